The van der Waals surface area contributed by atoms with Gasteiger partial charge in [-0.1, -0.05) is 129 Å². The number of nitrogens with one attached hydrogen (secondary N) is 4. The van der Waals surface area contributed by atoms with Crippen LogP contribution >= 0.6 is 0 Å². The zero-order valence-corrected chi connectivity index (χ0v) is 42.8. The van der Waals surface area contributed by atoms with Gasteiger partial charge in [0.1, 0.15) is 0 Å². The summed E-state index contributed by atoms with van der Waals surface area (Å²) in [7, 11) is 0. The number of unbranched alkanes of at least 4 members (excludes halogenated alkanes) is 8. The number of nitrogens with zero attached hydrogens (tertiary/aromatic N) is 2. The van der Waals surface area contributed by atoms with Crippen molar-refractivity contribution in [3.05, 3.63) is 106 Å². The van der Waals surface area contributed by atoms with Gasteiger partial charge in [-0.25, -0.2) is 9.97 Å². The lowest BCUT2D eigenvalue weighted by molar-refractivity contribution is -0.117. The number of aromatic amines is 2. The van der Waals surface area contributed by atoms with E-state index in [0.717, 1.165) is 154 Å². The minimum Gasteiger partial charge on any atom is -0.354 e. The molecule has 0 fully saturated rings. The van der Waals surface area contributed by atoms with Gasteiger partial charge in [-0.05, 0) is 135 Å². The van der Waals surface area contributed by atoms with E-state index in [1.807, 2.05) is 24.3 Å². The first kappa shape index (κ1) is 49.9. The number of carbonyl (C=O) groups excluding carboxylic acids is 2. The van der Waals surface area contributed by atoms with Gasteiger partial charge in [-0.2, -0.15) is 0 Å². The van der Waals surface area contributed by atoms with Gasteiger partial charge in [0.15, 0.2) is 0 Å². The number of amides is 2. The fourth-order valence-corrected chi connectivity index (χ4v) is 10.7. The second-order valence-electron chi connectivity index (χ2n) is 18.9. The number of H-pyrrole nitrogens is 2. The van der Waals surface area contributed by atoms with Crippen molar-refractivity contribution in [3.8, 4) is 22.3 Å². The predicted octanol–water partition coefficient (Wildman–Crippen LogP) is 16.7. The zero-order chi connectivity index (χ0) is 48.5. The molecule has 4 N–H and O–H groups in total. The number of hydrogen-bond acceptors (Lipinski definition) is 4. The summed E-state index contributed by atoms with van der Waals surface area (Å²) < 4.78 is 0. The number of benzene rings is 2. The molecule has 3 aromatic heterocycles. The van der Waals surface area contributed by atoms with Crippen LogP contribution in [0.2, 0.25) is 0 Å². The summed E-state index contributed by atoms with van der Waals surface area (Å²) in [5.74, 6) is 0.0727. The maximum Gasteiger partial charge on any atom is 0.224 e. The number of anilines is 2. The van der Waals surface area contributed by atoms with Gasteiger partial charge < -0.3 is 20.6 Å². The molecule has 358 valence electrons. The van der Waals surface area contributed by atoms with E-state index in [1.54, 1.807) is 0 Å². The van der Waals surface area contributed by atoms with Crippen molar-refractivity contribution in [3.63, 3.8) is 0 Å². The number of fused-ring (bicyclic) bond motifs is 8. The Hall–Kier alpha value is -6.02. The van der Waals surface area contributed by atoms with Gasteiger partial charge in [-0.3, -0.25) is 9.59 Å². The summed E-state index contributed by atoms with van der Waals surface area (Å²) in [5.41, 5.74) is 22.5. The number of hydrogen-bond donors (Lipinski definition) is 4. The van der Waals surface area contributed by atoms with Gasteiger partial charge >= 0.3 is 0 Å². The van der Waals surface area contributed by atoms with E-state index in [9.17, 15) is 9.59 Å². The van der Waals surface area contributed by atoms with E-state index >= 15 is 0 Å². The summed E-state index contributed by atoms with van der Waals surface area (Å²) >= 11 is 0. The van der Waals surface area contributed by atoms with Crippen molar-refractivity contribution >= 4 is 67.5 Å². The normalized spacial score (nSPS) is 12.6. The fourth-order valence-electron chi connectivity index (χ4n) is 10.7. The van der Waals surface area contributed by atoms with Gasteiger partial charge in [0, 0.05) is 57.5 Å². The Balaban J connectivity index is 1.56. The molecule has 0 saturated heterocycles. The molecule has 8 nitrogen and oxygen atoms in total. The van der Waals surface area contributed by atoms with Crippen LogP contribution in [0, 0.1) is 13.8 Å². The highest BCUT2D eigenvalue weighted by Crippen LogP contribution is 2.46. The lowest BCUT2D eigenvalue weighted by atomic mass is 9.92. The Morgan fingerprint density at radius 1 is 0.500 bits per heavy atom. The highest BCUT2D eigenvalue weighted by molar-refractivity contribution is 6.07. The Morgan fingerprint density at radius 2 is 0.897 bits per heavy atom. The average molecular weight is 913 g/mol. The Morgan fingerprint density at radius 3 is 1.29 bits per heavy atom. The molecule has 0 radical (unpaired) electrons. The highest BCUT2D eigenvalue weighted by Gasteiger charge is 2.28. The second kappa shape index (κ2) is 22.9. The van der Waals surface area contributed by atoms with Crippen LogP contribution in [0.5, 0.6) is 0 Å². The third-order valence-corrected chi connectivity index (χ3v) is 14.4. The van der Waals surface area contributed by atoms with Crippen LogP contribution in [0.4, 0.5) is 11.4 Å². The number of aryl methyl sites for hydroxylation is 4. The van der Waals surface area contributed by atoms with Gasteiger partial charge in [0.25, 0.3) is 0 Å². The minimum atomic E-state index is 0.0303. The number of aromatic nitrogens is 4. The Labute approximate surface area is 406 Å². The van der Waals surface area contributed by atoms with E-state index < -0.39 is 0 Å². The third kappa shape index (κ3) is 10.4. The lowest BCUT2D eigenvalue weighted by Crippen LogP contribution is -2.12. The predicted molar refractivity (Wildman–Crippen MR) is 290 cm³/mol. The van der Waals surface area contributed by atoms with Crippen LogP contribution in [0.25, 0.3) is 66.6 Å². The number of rotatable bonds is 20. The first-order valence-electron chi connectivity index (χ1n) is 26.0. The maximum atomic E-state index is 13.7. The number of allylic oxidation sites excluding steroid dienone is 4. The van der Waals surface area contributed by atoms with Crippen LogP contribution < -0.4 is 10.6 Å². The summed E-state index contributed by atoms with van der Waals surface area (Å²) in [6.07, 6.45) is 15.1. The van der Waals surface area contributed by atoms with E-state index in [2.05, 4.69) is 126 Å². The standard InChI is InChI=1S/C60H76N6O2/c1-11-17-19-21-23-33-53(67)61-47-31-27-25-29-45(47)55-57-37(7)41(13-3)49(63-57)35-51-43(15-5)39(9)59(65-51)56(46-30-26-28-32-48(46)62-54(68)34-24-22-20-18-12-2)60-40(10)44(16-6)52(66-60)36-50-42(14-4)38(8)58(55)64-50/h25-32,35-36,63-64H,11-24,33-34H2,1-10H3,(H,61,67)(H,62,68). The van der Waals surface area contributed by atoms with E-state index in [1.165, 1.54) is 59.1 Å². The van der Waals surface area contributed by atoms with Gasteiger partial charge in [0.05, 0.1) is 33.8 Å². The lowest BCUT2D eigenvalue weighted by Gasteiger charge is -2.15. The third-order valence-electron chi connectivity index (χ3n) is 14.4. The van der Waals surface area contributed by atoms with E-state index in [4.69, 9.17) is 9.97 Å². The molecule has 5 aromatic rings. The molecule has 5 heterocycles. The van der Waals surface area contributed by atoms with Crippen molar-refractivity contribution in [1.29, 1.82) is 0 Å². The molecule has 2 aliphatic heterocycles. The summed E-state index contributed by atoms with van der Waals surface area (Å²) in [5, 5.41) is 6.70. The zero-order valence-electron chi connectivity index (χ0n) is 42.8. The van der Waals surface area contributed by atoms with Crippen molar-refractivity contribution in [1.82, 2.24) is 19.9 Å². The van der Waals surface area contributed by atoms with Crippen LogP contribution in [0.15, 0.2) is 60.7 Å². The molecule has 2 aromatic carbocycles. The molecule has 8 bridgehead atoms. The Bertz CT molecular complexity index is 2780. The van der Waals surface area contributed by atoms with E-state index in [0.29, 0.717) is 12.8 Å². The minimum absolute atomic E-state index is 0.0303. The van der Waals surface area contributed by atoms with E-state index in [-0.39, 0.29) is 11.8 Å². The van der Waals surface area contributed by atoms with Crippen molar-refractivity contribution in [2.45, 2.75) is 172 Å². The van der Waals surface area contributed by atoms with Crippen LogP contribution in [0.3, 0.4) is 0 Å². The Kier molecular flexibility index (Phi) is 16.8. The van der Waals surface area contributed by atoms with Crippen LogP contribution in [-0.2, 0) is 22.4 Å². The molecule has 0 saturated carbocycles. The molecule has 2 aliphatic rings. The molecule has 2 amide bonds. The SMILES string of the molecule is CCCCCCCC(=O)Nc1ccccc1-c1c2nc(cc3[nH]c(c(C)c3CC)c(-c3ccccc3NC(=O)CCCCCCC)c3[nH]c(cc4nc1C(C)=C4CC)c(CC)c3C)C(CC)=C2C. The molecule has 0 aliphatic carbocycles. The van der Waals surface area contributed by atoms with Gasteiger partial charge in [0.2, 0.25) is 11.8 Å². The first-order chi connectivity index (χ1) is 33.0. The maximum absolute atomic E-state index is 13.7. The molecule has 68 heavy (non-hydrogen) atoms. The van der Waals surface area contributed by atoms with Crippen molar-refractivity contribution in [2.24, 2.45) is 0 Å². The molecule has 7 rings (SSSR count). The molecule has 8 heteroatoms. The first-order valence-corrected chi connectivity index (χ1v) is 26.0. The average Bonchev–Trinajstić information content (AvgIpc) is 4.02. The number of carbonyl (C=O) groups is 2. The smallest absolute Gasteiger partial charge is 0.224 e. The summed E-state index contributed by atoms with van der Waals surface area (Å²) in [6, 6.07) is 21.0. The summed E-state index contributed by atoms with van der Waals surface area (Å²) in [6.45, 7) is 22.1. The van der Waals surface area contributed by atoms with Gasteiger partial charge in [-0.15, -0.1) is 0 Å². The molecule has 0 atom stereocenters. The largest absolute Gasteiger partial charge is 0.354 e. The second-order valence-corrected chi connectivity index (χ2v) is 18.9. The molecule has 0 unspecified atom stereocenters. The number of para-hydroxylation sites is 2. The fraction of sp³-hybridized carbons (Fsp3) is 0.433. The molecule has 0 spiro atoms. The quantitative estimate of drug-likeness (QED) is 0.0582. The van der Waals surface area contributed by atoms with Crippen LogP contribution in [0.1, 0.15) is 190 Å². The van der Waals surface area contributed by atoms with Crippen LogP contribution in [-0.4, -0.2) is 31.8 Å². The summed E-state index contributed by atoms with van der Waals surface area (Å²) in [4.78, 5) is 46.5. The molecular weight excluding hydrogens is 837 g/mol. The molecular formula is C60H76N6O2. The van der Waals surface area contributed by atoms with Crippen molar-refractivity contribution < 1.29 is 9.59 Å². The highest BCUT2D eigenvalue weighted by atomic mass is 16.2. The topological polar surface area (TPSA) is 116 Å². The monoisotopic (exact) mass is 913 g/mol. The van der Waals surface area contributed by atoms with Crippen molar-refractivity contribution in [2.75, 3.05) is 10.6 Å².